The summed E-state index contributed by atoms with van der Waals surface area (Å²) >= 11 is 0. The summed E-state index contributed by atoms with van der Waals surface area (Å²) in [5.74, 6) is 0.900. The first-order valence-electron chi connectivity index (χ1n) is 5.97. The summed E-state index contributed by atoms with van der Waals surface area (Å²) in [7, 11) is 0. The number of benzene rings is 1. The zero-order chi connectivity index (χ0) is 10.3. The SMILES string of the molecule is CC[C@H]1CCc2[nH]c3ccccc3c2C1. The number of hydrogen-bond donors (Lipinski definition) is 1. The summed E-state index contributed by atoms with van der Waals surface area (Å²) < 4.78 is 0. The van der Waals surface area contributed by atoms with Gasteiger partial charge in [0.2, 0.25) is 0 Å². The van der Waals surface area contributed by atoms with E-state index in [2.05, 4.69) is 36.2 Å². The largest absolute Gasteiger partial charge is 0.358 e. The van der Waals surface area contributed by atoms with Gasteiger partial charge in [-0.2, -0.15) is 0 Å². The van der Waals surface area contributed by atoms with Crippen molar-refractivity contribution >= 4 is 10.9 Å². The van der Waals surface area contributed by atoms with E-state index in [1.165, 1.54) is 42.3 Å². The number of para-hydroxylation sites is 1. The molecule has 1 nitrogen and oxygen atoms in total. The molecular formula is C14H17N. The van der Waals surface area contributed by atoms with Crippen molar-refractivity contribution in [3.05, 3.63) is 35.5 Å². The third-order valence-electron chi connectivity index (χ3n) is 3.77. The zero-order valence-electron chi connectivity index (χ0n) is 9.22. The van der Waals surface area contributed by atoms with Crippen LogP contribution in [0.25, 0.3) is 10.9 Å². The van der Waals surface area contributed by atoms with Gasteiger partial charge in [-0.15, -0.1) is 0 Å². The quantitative estimate of drug-likeness (QED) is 0.721. The van der Waals surface area contributed by atoms with Crippen molar-refractivity contribution in [3.63, 3.8) is 0 Å². The first kappa shape index (κ1) is 9.02. The minimum Gasteiger partial charge on any atom is -0.358 e. The fourth-order valence-electron chi connectivity index (χ4n) is 2.79. The molecule has 1 aromatic carbocycles. The van der Waals surface area contributed by atoms with Gasteiger partial charge < -0.3 is 4.98 Å². The van der Waals surface area contributed by atoms with E-state index in [1.807, 2.05) is 0 Å². The van der Waals surface area contributed by atoms with Gasteiger partial charge in [-0.25, -0.2) is 0 Å². The van der Waals surface area contributed by atoms with Crippen LogP contribution in [0.3, 0.4) is 0 Å². The molecule has 0 aliphatic heterocycles. The average molecular weight is 199 g/mol. The number of aryl methyl sites for hydroxylation is 1. The summed E-state index contributed by atoms with van der Waals surface area (Å²) in [6, 6.07) is 8.70. The Balaban J connectivity index is 2.14. The molecule has 1 heterocycles. The van der Waals surface area contributed by atoms with Crippen molar-refractivity contribution in [1.29, 1.82) is 0 Å². The molecule has 0 unspecified atom stereocenters. The molecule has 2 aromatic rings. The van der Waals surface area contributed by atoms with Crippen molar-refractivity contribution in [1.82, 2.24) is 4.98 Å². The summed E-state index contributed by atoms with van der Waals surface area (Å²) in [6.45, 7) is 2.31. The molecule has 0 saturated heterocycles. The third kappa shape index (κ3) is 1.38. The molecule has 0 saturated carbocycles. The highest BCUT2D eigenvalue weighted by Gasteiger charge is 2.20. The van der Waals surface area contributed by atoms with Crippen LogP contribution in [-0.2, 0) is 12.8 Å². The van der Waals surface area contributed by atoms with Gasteiger partial charge in [-0.3, -0.25) is 0 Å². The van der Waals surface area contributed by atoms with E-state index in [-0.39, 0.29) is 0 Å². The third-order valence-corrected chi connectivity index (χ3v) is 3.77. The molecule has 0 radical (unpaired) electrons. The standard InChI is InChI=1S/C14H17N/c1-2-10-7-8-14-12(9-10)11-5-3-4-6-13(11)15-14/h3-6,10,15H,2,7-9H2,1H3/t10-/m0/s1. The molecule has 0 spiro atoms. The fraction of sp³-hybridized carbons (Fsp3) is 0.429. The molecule has 78 valence electrons. The monoisotopic (exact) mass is 199 g/mol. The average Bonchev–Trinajstić information content (AvgIpc) is 2.66. The number of hydrogen-bond acceptors (Lipinski definition) is 0. The lowest BCUT2D eigenvalue weighted by atomic mass is 9.85. The van der Waals surface area contributed by atoms with E-state index < -0.39 is 0 Å². The minimum atomic E-state index is 0.900. The van der Waals surface area contributed by atoms with Gasteiger partial charge in [0.25, 0.3) is 0 Å². The molecule has 1 N–H and O–H groups in total. The Morgan fingerprint density at radius 3 is 3.07 bits per heavy atom. The molecule has 1 atom stereocenters. The van der Waals surface area contributed by atoms with Crippen LogP contribution >= 0.6 is 0 Å². The van der Waals surface area contributed by atoms with Crippen molar-refractivity contribution in [2.24, 2.45) is 5.92 Å². The number of aromatic nitrogens is 1. The normalized spacial score (nSPS) is 20.5. The van der Waals surface area contributed by atoms with Gasteiger partial charge >= 0.3 is 0 Å². The highest BCUT2D eigenvalue weighted by atomic mass is 14.7. The zero-order valence-corrected chi connectivity index (χ0v) is 9.22. The maximum atomic E-state index is 3.56. The topological polar surface area (TPSA) is 15.8 Å². The van der Waals surface area contributed by atoms with Gasteiger partial charge in [0.1, 0.15) is 0 Å². The van der Waals surface area contributed by atoms with Crippen LogP contribution in [-0.4, -0.2) is 4.98 Å². The minimum absolute atomic E-state index is 0.900. The Morgan fingerprint density at radius 2 is 2.20 bits per heavy atom. The summed E-state index contributed by atoms with van der Waals surface area (Å²) in [5, 5.41) is 1.45. The number of rotatable bonds is 1. The molecular weight excluding hydrogens is 182 g/mol. The maximum absolute atomic E-state index is 3.56. The summed E-state index contributed by atoms with van der Waals surface area (Å²) in [4.78, 5) is 3.56. The highest BCUT2D eigenvalue weighted by Crippen LogP contribution is 2.32. The van der Waals surface area contributed by atoms with E-state index >= 15 is 0 Å². The molecule has 3 rings (SSSR count). The van der Waals surface area contributed by atoms with Crippen molar-refractivity contribution in [3.8, 4) is 0 Å². The first-order chi connectivity index (χ1) is 7.38. The first-order valence-corrected chi connectivity index (χ1v) is 5.97. The lowest BCUT2D eigenvalue weighted by molar-refractivity contribution is 0.444. The van der Waals surface area contributed by atoms with Crippen molar-refractivity contribution in [2.45, 2.75) is 32.6 Å². The molecule has 1 aromatic heterocycles. The van der Waals surface area contributed by atoms with Gasteiger partial charge in [0, 0.05) is 16.6 Å². The Kier molecular flexibility index (Phi) is 2.05. The number of fused-ring (bicyclic) bond motifs is 3. The number of nitrogens with one attached hydrogen (secondary N) is 1. The van der Waals surface area contributed by atoms with Crippen LogP contribution in [0.2, 0.25) is 0 Å². The van der Waals surface area contributed by atoms with E-state index in [0.717, 1.165) is 5.92 Å². The second kappa shape index (κ2) is 3.41. The van der Waals surface area contributed by atoms with E-state index in [9.17, 15) is 0 Å². The van der Waals surface area contributed by atoms with Gasteiger partial charge in [0.15, 0.2) is 0 Å². The second-order valence-electron chi connectivity index (χ2n) is 4.64. The van der Waals surface area contributed by atoms with Crippen molar-refractivity contribution < 1.29 is 0 Å². The smallest absolute Gasteiger partial charge is 0.0458 e. The van der Waals surface area contributed by atoms with Crippen LogP contribution in [0.15, 0.2) is 24.3 Å². The van der Waals surface area contributed by atoms with Crippen molar-refractivity contribution in [2.75, 3.05) is 0 Å². The van der Waals surface area contributed by atoms with Crippen LogP contribution in [0.5, 0.6) is 0 Å². The van der Waals surface area contributed by atoms with Crippen LogP contribution < -0.4 is 0 Å². The van der Waals surface area contributed by atoms with Gasteiger partial charge in [0.05, 0.1) is 0 Å². The maximum Gasteiger partial charge on any atom is 0.0458 e. The Hall–Kier alpha value is -1.24. The lowest BCUT2D eigenvalue weighted by Crippen LogP contribution is -2.12. The van der Waals surface area contributed by atoms with Gasteiger partial charge in [-0.05, 0) is 36.8 Å². The van der Waals surface area contributed by atoms with Crippen LogP contribution in [0, 0.1) is 5.92 Å². The number of H-pyrrole nitrogens is 1. The summed E-state index contributed by atoms with van der Waals surface area (Å²) in [5.41, 5.74) is 4.39. The molecule has 0 amide bonds. The molecule has 0 bridgehead atoms. The highest BCUT2D eigenvalue weighted by molar-refractivity contribution is 5.84. The number of aromatic amines is 1. The predicted octanol–water partition coefficient (Wildman–Crippen LogP) is 3.68. The summed E-state index contributed by atoms with van der Waals surface area (Å²) in [6.07, 6.45) is 5.19. The van der Waals surface area contributed by atoms with Crippen LogP contribution in [0.4, 0.5) is 0 Å². The molecule has 15 heavy (non-hydrogen) atoms. The molecule has 1 aliphatic carbocycles. The Bertz CT molecular complexity index is 481. The van der Waals surface area contributed by atoms with E-state index in [4.69, 9.17) is 0 Å². The Morgan fingerprint density at radius 1 is 1.33 bits per heavy atom. The van der Waals surface area contributed by atoms with Gasteiger partial charge in [-0.1, -0.05) is 31.5 Å². The van der Waals surface area contributed by atoms with Crippen LogP contribution in [0.1, 0.15) is 31.0 Å². The predicted molar refractivity (Wildman–Crippen MR) is 64.1 cm³/mol. The van der Waals surface area contributed by atoms with E-state index in [1.54, 1.807) is 5.56 Å². The molecule has 0 fully saturated rings. The Labute approximate surface area is 90.5 Å². The van der Waals surface area contributed by atoms with E-state index in [0.29, 0.717) is 0 Å². The molecule has 1 heteroatoms. The molecule has 1 aliphatic rings. The lowest BCUT2D eigenvalue weighted by Gasteiger charge is -2.20. The second-order valence-corrected chi connectivity index (χ2v) is 4.64. The fourth-order valence-corrected chi connectivity index (χ4v) is 2.79.